The number of piperidine rings is 1. The van der Waals surface area contributed by atoms with Gasteiger partial charge in [0.15, 0.2) is 0 Å². The van der Waals surface area contributed by atoms with E-state index < -0.39 is 0 Å². The monoisotopic (exact) mass is 252 g/mol. The Morgan fingerprint density at radius 2 is 1.78 bits per heavy atom. The summed E-state index contributed by atoms with van der Waals surface area (Å²) in [4.78, 5) is 2.71. The minimum absolute atomic E-state index is 0.485. The highest BCUT2D eigenvalue weighted by Crippen LogP contribution is 2.38. The normalized spacial score (nSPS) is 33.5. The molecule has 0 aromatic carbocycles. The number of hydrogen-bond donors (Lipinski definition) is 1. The molecule has 0 aromatic rings. The highest BCUT2D eigenvalue weighted by atomic mass is 15.1. The van der Waals surface area contributed by atoms with Crippen LogP contribution in [0.4, 0.5) is 0 Å². The van der Waals surface area contributed by atoms with Crippen LogP contribution < -0.4 is 5.73 Å². The van der Waals surface area contributed by atoms with Gasteiger partial charge in [0.1, 0.15) is 0 Å². The molecule has 2 unspecified atom stereocenters. The second-order valence-corrected chi connectivity index (χ2v) is 6.80. The number of likely N-dealkylation sites (tertiary alicyclic amines) is 1. The minimum Gasteiger partial charge on any atom is -0.328 e. The van der Waals surface area contributed by atoms with Crippen LogP contribution in [-0.4, -0.2) is 30.6 Å². The van der Waals surface area contributed by atoms with E-state index in [4.69, 9.17) is 5.73 Å². The van der Waals surface area contributed by atoms with Crippen molar-refractivity contribution in [3.05, 3.63) is 0 Å². The predicted molar refractivity (Wildman–Crippen MR) is 78.6 cm³/mol. The molecule has 2 atom stereocenters. The average Bonchev–Trinajstić information content (AvgIpc) is 2.40. The van der Waals surface area contributed by atoms with E-state index in [2.05, 4.69) is 18.7 Å². The minimum atomic E-state index is 0.485. The molecule has 2 N–H and O–H groups in total. The van der Waals surface area contributed by atoms with Gasteiger partial charge in [-0.05, 0) is 56.5 Å². The van der Waals surface area contributed by atoms with Gasteiger partial charge in [0.05, 0.1) is 0 Å². The molecule has 0 radical (unpaired) electrons. The summed E-state index contributed by atoms with van der Waals surface area (Å²) in [6, 6.07) is 0.485. The smallest absolute Gasteiger partial charge is 0.00419 e. The number of nitrogens with zero attached hydrogens (tertiary/aromatic N) is 1. The predicted octanol–water partition coefficient (Wildman–Crippen LogP) is 3.41. The lowest BCUT2D eigenvalue weighted by Gasteiger charge is -2.42. The van der Waals surface area contributed by atoms with Gasteiger partial charge < -0.3 is 10.6 Å². The second-order valence-electron chi connectivity index (χ2n) is 6.80. The summed E-state index contributed by atoms with van der Waals surface area (Å²) in [6.07, 6.45) is 10.9. The summed E-state index contributed by atoms with van der Waals surface area (Å²) < 4.78 is 0. The fourth-order valence-electron chi connectivity index (χ4n) is 4.03. The van der Waals surface area contributed by atoms with Crippen molar-refractivity contribution in [1.82, 2.24) is 4.90 Å². The zero-order chi connectivity index (χ0) is 13.0. The van der Waals surface area contributed by atoms with E-state index in [0.29, 0.717) is 11.5 Å². The quantitative estimate of drug-likeness (QED) is 0.831. The maximum Gasteiger partial charge on any atom is 0.00419 e. The van der Waals surface area contributed by atoms with Crippen LogP contribution in [-0.2, 0) is 0 Å². The summed E-state index contributed by atoms with van der Waals surface area (Å²) in [5.74, 6) is 0.879. The Morgan fingerprint density at radius 1 is 1.11 bits per heavy atom. The first kappa shape index (κ1) is 14.3. The largest absolute Gasteiger partial charge is 0.328 e. The summed E-state index contributed by atoms with van der Waals surface area (Å²) in [6.45, 7) is 8.72. The number of hydrogen-bond acceptors (Lipinski definition) is 2. The highest BCUT2D eigenvalue weighted by Gasteiger charge is 2.32. The summed E-state index contributed by atoms with van der Waals surface area (Å²) in [7, 11) is 0. The Hall–Kier alpha value is -0.0800. The van der Waals surface area contributed by atoms with Gasteiger partial charge in [0.25, 0.3) is 0 Å². The molecule has 2 aliphatic rings. The van der Waals surface area contributed by atoms with Gasteiger partial charge in [-0.25, -0.2) is 0 Å². The molecule has 1 heterocycles. The van der Waals surface area contributed by atoms with Crippen molar-refractivity contribution in [1.29, 1.82) is 0 Å². The van der Waals surface area contributed by atoms with Crippen molar-refractivity contribution in [2.45, 2.75) is 71.3 Å². The molecule has 1 aliphatic heterocycles. The van der Waals surface area contributed by atoms with Crippen molar-refractivity contribution < 1.29 is 0 Å². The maximum absolute atomic E-state index is 6.10. The Labute approximate surface area is 113 Å². The molecule has 2 heteroatoms. The molecule has 1 saturated carbocycles. The second kappa shape index (κ2) is 6.38. The fourth-order valence-corrected chi connectivity index (χ4v) is 4.03. The molecule has 2 rings (SSSR count). The topological polar surface area (TPSA) is 29.3 Å². The molecule has 0 amide bonds. The number of rotatable bonds is 4. The van der Waals surface area contributed by atoms with E-state index in [9.17, 15) is 0 Å². The lowest BCUT2D eigenvalue weighted by molar-refractivity contribution is 0.0777. The van der Waals surface area contributed by atoms with Crippen molar-refractivity contribution in [3.63, 3.8) is 0 Å². The molecule has 2 nitrogen and oxygen atoms in total. The first-order valence-corrected chi connectivity index (χ1v) is 8.15. The molecule has 106 valence electrons. The SMILES string of the molecule is CCC1(CC)CCN(CC2CCCC(N)C2)CC1. The van der Waals surface area contributed by atoms with E-state index in [0.717, 1.165) is 5.92 Å². The van der Waals surface area contributed by atoms with Gasteiger partial charge in [-0.2, -0.15) is 0 Å². The first-order valence-electron chi connectivity index (χ1n) is 8.15. The van der Waals surface area contributed by atoms with Gasteiger partial charge in [-0.1, -0.05) is 33.1 Å². The van der Waals surface area contributed by atoms with Gasteiger partial charge in [0, 0.05) is 12.6 Å². The van der Waals surface area contributed by atoms with E-state index in [1.807, 2.05) is 0 Å². The molecule has 1 aliphatic carbocycles. The van der Waals surface area contributed by atoms with Crippen LogP contribution in [0.2, 0.25) is 0 Å². The van der Waals surface area contributed by atoms with Crippen LogP contribution >= 0.6 is 0 Å². The van der Waals surface area contributed by atoms with Crippen LogP contribution in [0.25, 0.3) is 0 Å². The summed E-state index contributed by atoms with van der Waals surface area (Å²) in [5.41, 5.74) is 6.76. The van der Waals surface area contributed by atoms with E-state index >= 15 is 0 Å². The van der Waals surface area contributed by atoms with Crippen LogP contribution in [0, 0.1) is 11.3 Å². The molecule has 18 heavy (non-hydrogen) atoms. The average molecular weight is 252 g/mol. The molecule has 1 saturated heterocycles. The fraction of sp³-hybridized carbons (Fsp3) is 1.00. The van der Waals surface area contributed by atoms with Gasteiger partial charge in [-0.15, -0.1) is 0 Å². The van der Waals surface area contributed by atoms with Crippen molar-refractivity contribution in [2.24, 2.45) is 17.1 Å². The lowest BCUT2D eigenvalue weighted by atomic mass is 9.74. The third-order valence-electron chi connectivity index (χ3n) is 5.76. The van der Waals surface area contributed by atoms with Gasteiger partial charge in [-0.3, -0.25) is 0 Å². The third-order valence-corrected chi connectivity index (χ3v) is 5.76. The van der Waals surface area contributed by atoms with Crippen molar-refractivity contribution >= 4 is 0 Å². The van der Waals surface area contributed by atoms with Crippen LogP contribution in [0.3, 0.4) is 0 Å². The molecule has 2 fully saturated rings. The zero-order valence-electron chi connectivity index (χ0n) is 12.5. The van der Waals surface area contributed by atoms with Crippen LogP contribution in [0.15, 0.2) is 0 Å². The molecule has 0 bridgehead atoms. The Morgan fingerprint density at radius 3 is 2.33 bits per heavy atom. The number of nitrogens with two attached hydrogens (primary N) is 1. The van der Waals surface area contributed by atoms with Crippen LogP contribution in [0.1, 0.15) is 65.2 Å². The maximum atomic E-state index is 6.10. The first-order chi connectivity index (χ1) is 8.67. The highest BCUT2D eigenvalue weighted by molar-refractivity contribution is 4.86. The Balaban J connectivity index is 1.76. The van der Waals surface area contributed by atoms with Crippen LogP contribution in [0.5, 0.6) is 0 Å². The molecule has 0 aromatic heterocycles. The van der Waals surface area contributed by atoms with E-state index in [1.54, 1.807) is 0 Å². The zero-order valence-corrected chi connectivity index (χ0v) is 12.5. The third kappa shape index (κ3) is 3.48. The lowest BCUT2D eigenvalue weighted by Crippen LogP contribution is -2.43. The van der Waals surface area contributed by atoms with Crippen molar-refractivity contribution in [2.75, 3.05) is 19.6 Å². The summed E-state index contributed by atoms with van der Waals surface area (Å²) in [5, 5.41) is 0. The van der Waals surface area contributed by atoms with E-state index in [-0.39, 0.29) is 0 Å². The molecular weight excluding hydrogens is 220 g/mol. The Bertz CT molecular complexity index is 237. The molecular formula is C16H32N2. The van der Waals surface area contributed by atoms with Gasteiger partial charge in [0.2, 0.25) is 0 Å². The van der Waals surface area contributed by atoms with E-state index in [1.165, 1.54) is 71.0 Å². The van der Waals surface area contributed by atoms with Crippen molar-refractivity contribution in [3.8, 4) is 0 Å². The summed E-state index contributed by atoms with van der Waals surface area (Å²) >= 11 is 0. The van der Waals surface area contributed by atoms with Gasteiger partial charge >= 0.3 is 0 Å². The molecule has 0 spiro atoms. The Kier molecular flexibility index (Phi) is 5.08. The standard InChI is InChI=1S/C16H32N2/c1-3-16(4-2)8-10-18(11-9-16)13-14-6-5-7-15(17)12-14/h14-15H,3-13,17H2,1-2H3.